The molecule has 126 valence electrons. The van der Waals surface area contributed by atoms with Gasteiger partial charge in [0.15, 0.2) is 0 Å². The van der Waals surface area contributed by atoms with Crippen molar-refractivity contribution in [2.75, 3.05) is 7.11 Å². The molecule has 0 aliphatic rings. The molecule has 1 amide bonds. The third-order valence-corrected chi connectivity index (χ3v) is 4.54. The van der Waals surface area contributed by atoms with E-state index in [1.165, 1.54) is 7.11 Å². The molecule has 5 nitrogen and oxygen atoms in total. The Morgan fingerprint density at radius 3 is 2.60 bits per heavy atom. The van der Waals surface area contributed by atoms with Crippen molar-refractivity contribution in [2.24, 2.45) is 0 Å². The maximum absolute atomic E-state index is 12.5. The van der Waals surface area contributed by atoms with E-state index in [0.29, 0.717) is 6.54 Å². The molecular weight excluding hydrogens is 336 g/mol. The number of hydrogen-bond donors (Lipinski definition) is 1. The fourth-order valence-electron chi connectivity index (χ4n) is 2.46. The molecule has 0 saturated heterocycles. The number of thiophene rings is 1. The fourth-order valence-corrected chi connectivity index (χ4v) is 3.21. The second-order valence-electron chi connectivity index (χ2n) is 5.21. The summed E-state index contributed by atoms with van der Waals surface area (Å²) in [5, 5.41) is 4.84. The third kappa shape index (κ3) is 3.75. The number of nitrogens with one attached hydrogen (secondary N) is 1. The van der Waals surface area contributed by atoms with Crippen molar-refractivity contribution in [3.63, 3.8) is 0 Å². The Morgan fingerprint density at radius 2 is 1.88 bits per heavy atom. The molecule has 0 atom stereocenters. The minimum atomic E-state index is -0.536. The van der Waals surface area contributed by atoms with Crippen LogP contribution in [0.3, 0.4) is 0 Å². The van der Waals surface area contributed by atoms with E-state index >= 15 is 0 Å². The molecule has 0 unspecified atom stereocenters. The van der Waals surface area contributed by atoms with Crippen LogP contribution in [0.1, 0.15) is 26.3 Å². The summed E-state index contributed by atoms with van der Waals surface area (Å²) in [6, 6.07) is 14.3. The van der Waals surface area contributed by atoms with E-state index < -0.39 is 5.97 Å². The smallest absolute Gasteiger partial charge is 0.338 e. The van der Waals surface area contributed by atoms with Gasteiger partial charge in [-0.1, -0.05) is 24.3 Å². The van der Waals surface area contributed by atoms with Crippen molar-refractivity contribution >= 4 is 23.2 Å². The predicted octanol–water partition coefficient (Wildman–Crippen LogP) is 3.53. The molecule has 0 aliphatic heterocycles. The summed E-state index contributed by atoms with van der Waals surface area (Å²) in [5.41, 5.74) is 2.29. The Labute approximate surface area is 149 Å². The molecule has 0 fully saturated rings. The average molecular weight is 352 g/mol. The monoisotopic (exact) mass is 352 g/mol. The summed E-state index contributed by atoms with van der Waals surface area (Å²) in [6.07, 6.45) is 1.73. The van der Waals surface area contributed by atoms with Gasteiger partial charge in [0.1, 0.15) is 0 Å². The lowest BCUT2D eigenvalue weighted by Gasteiger charge is -2.11. The first kappa shape index (κ1) is 16.9. The fraction of sp³-hybridized carbons (Fsp3) is 0.105. The van der Waals surface area contributed by atoms with E-state index in [0.717, 1.165) is 16.1 Å². The van der Waals surface area contributed by atoms with Crippen LogP contribution in [0.25, 0.3) is 10.6 Å². The van der Waals surface area contributed by atoms with E-state index in [9.17, 15) is 9.59 Å². The van der Waals surface area contributed by atoms with Gasteiger partial charge in [0, 0.05) is 12.7 Å². The lowest BCUT2D eigenvalue weighted by molar-refractivity contribution is 0.0596. The SMILES string of the molecule is COC(=O)c1ccccc1C(=O)NCc1cccnc1-c1cccs1. The second kappa shape index (κ2) is 7.72. The van der Waals surface area contributed by atoms with Gasteiger partial charge in [-0.05, 0) is 35.2 Å². The first-order chi connectivity index (χ1) is 12.2. The topological polar surface area (TPSA) is 68.3 Å². The number of benzene rings is 1. The van der Waals surface area contributed by atoms with Crippen LogP contribution < -0.4 is 5.32 Å². The van der Waals surface area contributed by atoms with E-state index in [4.69, 9.17) is 4.74 Å². The maximum Gasteiger partial charge on any atom is 0.338 e. The Kier molecular flexibility index (Phi) is 5.20. The Hall–Kier alpha value is -2.99. The molecule has 2 heterocycles. The summed E-state index contributed by atoms with van der Waals surface area (Å²) >= 11 is 1.59. The highest BCUT2D eigenvalue weighted by molar-refractivity contribution is 7.13. The van der Waals surface area contributed by atoms with Gasteiger partial charge >= 0.3 is 5.97 Å². The van der Waals surface area contributed by atoms with E-state index in [1.807, 2.05) is 29.6 Å². The molecular formula is C19H16N2O3S. The van der Waals surface area contributed by atoms with Crippen LogP contribution in [-0.4, -0.2) is 24.0 Å². The minimum absolute atomic E-state index is 0.243. The molecule has 1 N–H and O–H groups in total. The van der Waals surface area contributed by atoms with Crippen LogP contribution in [-0.2, 0) is 11.3 Å². The molecule has 0 radical (unpaired) electrons. The average Bonchev–Trinajstić information content (AvgIpc) is 3.20. The van der Waals surface area contributed by atoms with Crippen LogP contribution in [0.4, 0.5) is 0 Å². The zero-order valence-corrected chi connectivity index (χ0v) is 14.4. The number of pyridine rings is 1. The summed E-state index contributed by atoms with van der Waals surface area (Å²) in [4.78, 5) is 29.8. The number of aromatic nitrogens is 1. The summed E-state index contributed by atoms with van der Waals surface area (Å²) in [6.45, 7) is 0.315. The summed E-state index contributed by atoms with van der Waals surface area (Å²) in [5.74, 6) is -0.867. The Balaban J connectivity index is 1.80. The van der Waals surface area contributed by atoms with Gasteiger partial charge in [-0.2, -0.15) is 0 Å². The van der Waals surface area contributed by atoms with Gasteiger partial charge in [0.25, 0.3) is 5.91 Å². The number of hydrogen-bond acceptors (Lipinski definition) is 5. The van der Waals surface area contributed by atoms with Gasteiger partial charge in [0.05, 0.1) is 28.8 Å². The number of rotatable bonds is 5. The molecule has 0 bridgehead atoms. The number of carbonyl (C=O) groups excluding carboxylic acids is 2. The number of amides is 1. The lowest BCUT2D eigenvalue weighted by Crippen LogP contribution is -2.25. The molecule has 2 aromatic heterocycles. The lowest BCUT2D eigenvalue weighted by atomic mass is 10.1. The van der Waals surface area contributed by atoms with Gasteiger partial charge in [0.2, 0.25) is 0 Å². The van der Waals surface area contributed by atoms with E-state index in [2.05, 4.69) is 10.3 Å². The summed E-state index contributed by atoms with van der Waals surface area (Å²) < 4.78 is 4.73. The Morgan fingerprint density at radius 1 is 1.08 bits per heavy atom. The van der Waals surface area contributed by atoms with Crippen molar-refractivity contribution < 1.29 is 14.3 Å². The zero-order valence-electron chi connectivity index (χ0n) is 13.6. The standard InChI is InChI=1S/C19H16N2O3S/c1-24-19(23)15-8-3-2-7-14(15)18(22)21-12-13-6-4-10-20-17(13)16-9-5-11-25-16/h2-11H,12H2,1H3,(H,21,22). The van der Waals surface area contributed by atoms with Crippen molar-refractivity contribution in [2.45, 2.75) is 6.54 Å². The highest BCUT2D eigenvalue weighted by atomic mass is 32.1. The highest BCUT2D eigenvalue weighted by Gasteiger charge is 2.17. The number of ether oxygens (including phenoxy) is 1. The molecule has 0 aliphatic carbocycles. The van der Waals surface area contributed by atoms with Crippen LogP contribution in [0.5, 0.6) is 0 Å². The summed E-state index contributed by atoms with van der Waals surface area (Å²) in [7, 11) is 1.29. The molecule has 6 heteroatoms. The van der Waals surface area contributed by atoms with Gasteiger partial charge < -0.3 is 10.1 Å². The van der Waals surface area contributed by atoms with Crippen molar-refractivity contribution in [3.05, 3.63) is 76.8 Å². The van der Waals surface area contributed by atoms with Gasteiger partial charge in [-0.25, -0.2) is 4.79 Å². The van der Waals surface area contributed by atoms with Crippen LogP contribution in [0, 0.1) is 0 Å². The van der Waals surface area contributed by atoms with Gasteiger partial charge in [-0.3, -0.25) is 9.78 Å². The number of esters is 1. The molecule has 0 saturated carbocycles. The highest BCUT2D eigenvalue weighted by Crippen LogP contribution is 2.25. The molecule has 3 aromatic rings. The van der Waals surface area contributed by atoms with Gasteiger partial charge in [-0.15, -0.1) is 11.3 Å². The normalized spacial score (nSPS) is 10.3. The van der Waals surface area contributed by atoms with Crippen molar-refractivity contribution in [1.82, 2.24) is 10.3 Å². The van der Waals surface area contributed by atoms with E-state index in [1.54, 1.807) is 41.8 Å². The Bertz CT molecular complexity index is 891. The van der Waals surface area contributed by atoms with Crippen LogP contribution in [0.2, 0.25) is 0 Å². The second-order valence-corrected chi connectivity index (χ2v) is 6.16. The molecule has 1 aromatic carbocycles. The first-order valence-electron chi connectivity index (χ1n) is 7.64. The predicted molar refractivity (Wildman–Crippen MR) is 96.5 cm³/mol. The number of carbonyl (C=O) groups is 2. The molecule has 0 spiro atoms. The number of methoxy groups -OCH3 is 1. The quantitative estimate of drug-likeness (QED) is 0.713. The van der Waals surface area contributed by atoms with Crippen LogP contribution >= 0.6 is 11.3 Å². The zero-order chi connectivity index (χ0) is 17.6. The maximum atomic E-state index is 12.5. The largest absolute Gasteiger partial charge is 0.465 e. The first-order valence-corrected chi connectivity index (χ1v) is 8.52. The van der Waals surface area contributed by atoms with E-state index in [-0.39, 0.29) is 17.0 Å². The van der Waals surface area contributed by atoms with Crippen LogP contribution in [0.15, 0.2) is 60.1 Å². The third-order valence-electron chi connectivity index (χ3n) is 3.66. The minimum Gasteiger partial charge on any atom is -0.465 e. The van der Waals surface area contributed by atoms with Crippen molar-refractivity contribution in [3.8, 4) is 10.6 Å². The van der Waals surface area contributed by atoms with Crippen molar-refractivity contribution in [1.29, 1.82) is 0 Å². The molecule has 25 heavy (non-hydrogen) atoms. The molecule has 3 rings (SSSR count). The number of nitrogens with zero attached hydrogens (tertiary/aromatic N) is 1.